The Hall–Kier alpha value is -2.38. The third-order valence-electron chi connectivity index (χ3n) is 6.68. The molecule has 3 fully saturated rings. The van der Waals surface area contributed by atoms with Crippen molar-refractivity contribution in [3.63, 3.8) is 0 Å². The number of carbonyl (C=O) groups is 3. The van der Waals surface area contributed by atoms with E-state index < -0.39 is 11.6 Å². The van der Waals surface area contributed by atoms with Crippen LogP contribution in [0.4, 0.5) is 4.79 Å². The molecule has 2 saturated heterocycles. The standard InChI is InChI=1S/C21H31N5O3/c1-15-10-20(2,3)13-21(11-15)18(28)26(19(29)23-21)12-17(27)24-7-4-16(5-8-24)25-9-6-22-14-25/h6,9,14-16H,4-5,7-8,10-13H2,1-3H3,(H,23,29). The summed E-state index contributed by atoms with van der Waals surface area (Å²) in [6.45, 7) is 7.49. The van der Waals surface area contributed by atoms with Gasteiger partial charge in [0.05, 0.1) is 6.33 Å². The lowest BCUT2D eigenvalue weighted by Gasteiger charge is -2.43. The quantitative estimate of drug-likeness (QED) is 0.787. The molecule has 1 N–H and O–H groups in total. The predicted octanol–water partition coefficient (Wildman–Crippen LogP) is 2.18. The van der Waals surface area contributed by atoms with Gasteiger partial charge in [0.25, 0.3) is 5.91 Å². The van der Waals surface area contributed by atoms with Crippen molar-refractivity contribution in [2.75, 3.05) is 19.6 Å². The summed E-state index contributed by atoms with van der Waals surface area (Å²) in [6.07, 6.45) is 9.50. The number of imide groups is 1. The number of imidazole rings is 1. The number of urea groups is 1. The minimum atomic E-state index is -0.854. The fraction of sp³-hybridized carbons (Fsp3) is 0.714. The molecule has 29 heavy (non-hydrogen) atoms. The summed E-state index contributed by atoms with van der Waals surface area (Å²) < 4.78 is 2.08. The van der Waals surface area contributed by atoms with E-state index in [2.05, 4.69) is 35.6 Å². The molecule has 3 heterocycles. The van der Waals surface area contributed by atoms with Crippen molar-refractivity contribution in [3.8, 4) is 0 Å². The molecule has 1 aromatic heterocycles. The van der Waals surface area contributed by atoms with E-state index in [-0.39, 0.29) is 23.8 Å². The first-order valence-electron chi connectivity index (χ1n) is 10.6. The maximum absolute atomic E-state index is 13.2. The molecule has 3 aliphatic rings. The molecule has 1 aromatic rings. The lowest BCUT2D eigenvalue weighted by Crippen LogP contribution is -2.54. The molecular weight excluding hydrogens is 370 g/mol. The van der Waals surface area contributed by atoms with E-state index in [1.165, 1.54) is 0 Å². The van der Waals surface area contributed by atoms with Gasteiger partial charge in [-0.25, -0.2) is 9.78 Å². The number of hydrogen-bond donors (Lipinski definition) is 1. The van der Waals surface area contributed by atoms with Crippen LogP contribution in [-0.2, 0) is 9.59 Å². The minimum Gasteiger partial charge on any atom is -0.341 e. The molecule has 4 rings (SSSR count). The zero-order valence-corrected chi connectivity index (χ0v) is 17.6. The smallest absolute Gasteiger partial charge is 0.325 e. The third-order valence-corrected chi connectivity index (χ3v) is 6.68. The molecule has 2 unspecified atom stereocenters. The highest BCUT2D eigenvalue weighted by Gasteiger charge is 2.56. The normalized spacial score (nSPS) is 30.1. The van der Waals surface area contributed by atoms with Crippen molar-refractivity contribution in [1.82, 2.24) is 24.7 Å². The molecule has 2 atom stereocenters. The first-order chi connectivity index (χ1) is 13.7. The maximum atomic E-state index is 13.2. The zero-order valence-electron chi connectivity index (χ0n) is 17.6. The number of hydrogen-bond acceptors (Lipinski definition) is 4. The van der Waals surface area contributed by atoms with Crippen LogP contribution in [0.5, 0.6) is 0 Å². The molecule has 1 aliphatic carbocycles. The van der Waals surface area contributed by atoms with Crippen LogP contribution in [-0.4, -0.2) is 62.4 Å². The number of carbonyl (C=O) groups excluding carboxylic acids is 3. The molecule has 2 aliphatic heterocycles. The number of rotatable bonds is 3. The van der Waals surface area contributed by atoms with Crippen LogP contribution in [0.3, 0.4) is 0 Å². The molecule has 8 heteroatoms. The van der Waals surface area contributed by atoms with Crippen LogP contribution in [0, 0.1) is 11.3 Å². The van der Waals surface area contributed by atoms with Gasteiger partial charge in [-0.15, -0.1) is 0 Å². The molecule has 8 nitrogen and oxygen atoms in total. The van der Waals surface area contributed by atoms with Gasteiger partial charge in [0, 0.05) is 31.5 Å². The van der Waals surface area contributed by atoms with Crippen LogP contribution in [0.2, 0.25) is 0 Å². The Morgan fingerprint density at radius 2 is 1.97 bits per heavy atom. The van der Waals surface area contributed by atoms with E-state index >= 15 is 0 Å². The molecule has 0 aromatic carbocycles. The SMILES string of the molecule is CC1CC(C)(C)CC2(C1)NC(=O)N(CC(=O)N1CCC(n3ccnc3)CC1)C2=O. The van der Waals surface area contributed by atoms with E-state index in [0.717, 1.165) is 24.2 Å². The van der Waals surface area contributed by atoms with E-state index in [4.69, 9.17) is 0 Å². The molecule has 0 radical (unpaired) electrons. The van der Waals surface area contributed by atoms with Gasteiger partial charge in [0.1, 0.15) is 12.1 Å². The van der Waals surface area contributed by atoms with E-state index in [0.29, 0.717) is 37.9 Å². The van der Waals surface area contributed by atoms with Gasteiger partial charge in [-0.3, -0.25) is 14.5 Å². The van der Waals surface area contributed by atoms with E-state index in [1.807, 2.05) is 12.5 Å². The lowest BCUT2D eigenvalue weighted by molar-refractivity contribution is -0.141. The van der Waals surface area contributed by atoms with Crippen LogP contribution < -0.4 is 5.32 Å². The Bertz CT molecular complexity index is 797. The van der Waals surface area contributed by atoms with E-state index in [9.17, 15) is 14.4 Å². The second kappa shape index (κ2) is 7.15. The van der Waals surface area contributed by atoms with Crippen molar-refractivity contribution in [2.45, 2.75) is 64.5 Å². The summed E-state index contributed by atoms with van der Waals surface area (Å²) in [5.74, 6) is -0.0395. The van der Waals surface area contributed by atoms with Gasteiger partial charge in [-0.1, -0.05) is 20.8 Å². The Morgan fingerprint density at radius 3 is 2.59 bits per heavy atom. The minimum absolute atomic E-state index is 0.0180. The largest absolute Gasteiger partial charge is 0.341 e. The molecule has 158 valence electrons. The van der Waals surface area contributed by atoms with Crippen LogP contribution in [0.25, 0.3) is 0 Å². The van der Waals surface area contributed by atoms with Crippen molar-refractivity contribution < 1.29 is 14.4 Å². The fourth-order valence-corrected chi connectivity index (χ4v) is 5.78. The molecule has 1 saturated carbocycles. The molecule has 4 amide bonds. The first kappa shape index (κ1) is 19.9. The number of likely N-dealkylation sites (tertiary alicyclic amines) is 1. The molecule has 1 spiro atoms. The average Bonchev–Trinajstić information content (AvgIpc) is 3.24. The van der Waals surface area contributed by atoms with Gasteiger partial charge in [0.15, 0.2) is 0 Å². The van der Waals surface area contributed by atoms with Crippen molar-refractivity contribution in [2.24, 2.45) is 11.3 Å². The summed E-state index contributed by atoms with van der Waals surface area (Å²) in [6, 6.07) is -0.0888. The summed E-state index contributed by atoms with van der Waals surface area (Å²) in [7, 11) is 0. The van der Waals surface area contributed by atoms with Gasteiger partial charge in [0.2, 0.25) is 5.91 Å². The van der Waals surface area contributed by atoms with Crippen LogP contribution in [0.15, 0.2) is 18.7 Å². The fourth-order valence-electron chi connectivity index (χ4n) is 5.78. The average molecular weight is 402 g/mol. The first-order valence-corrected chi connectivity index (χ1v) is 10.6. The Balaban J connectivity index is 1.39. The van der Waals surface area contributed by atoms with Crippen molar-refractivity contribution >= 4 is 17.8 Å². The zero-order chi connectivity index (χ0) is 20.8. The highest BCUT2D eigenvalue weighted by Crippen LogP contribution is 2.46. The predicted molar refractivity (Wildman–Crippen MR) is 107 cm³/mol. The number of piperidine rings is 1. The van der Waals surface area contributed by atoms with Crippen molar-refractivity contribution in [1.29, 1.82) is 0 Å². The Kier molecular flexibility index (Phi) is 4.91. The van der Waals surface area contributed by atoms with E-state index in [1.54, 1.807) is 11.1 Å². The number of nitrogens with zero attached hydrogens (tertiary/aromatic N) is 4. The van der Waals surface area contributed by atoms with Crippen LogP contribution >= 0.6 is 0 Å². The third kappa shape index (κ3) is 3.76. The highest BCUT2D eigenvalue weighted by molar-refractivity contribution is 6.09. The summed E-state index contributed by atoms with van der Waals surface area (Å²) in [5.41, 5.74) is -0.872. The van der Waals surface area contributed by atoms with Gasteiger partial charge in [-0.2, -0.15) is 0 Å². The maximum Gasteiger partial charge on any atom is 0.325 e. The Labute approximate surface area is 171 Å². The summed E-state index contributed by atoms with van der Waals surface area (Å²) in [5, 5.41) is 2.95. The number of amides is 4. The second-order valence-corrected chi connectivity index (χ2v) is 9.88. The van der Waals surface area contributed by atoms with Gasteiger partial charge >= 0.3 is 6.03 Å². The topological polar surface area (TPSA) is 87.5 Å². The second-order valence-electron chi connectivity index (χ2n) is 9.88. The molecule has 0 bridgehead atoms. The van der Waals surface area contributed by atoms with Crippen LogP contribution in [0.1, 0.15) is 58.9 Å². The monoisotopic (exact) mass is 401 g/mol. The summed E-state index contributed by atoms with van der Waals surface area (Å²) in [4.78, 5) is 45.7. The number of aromatic nitrogens is 2. The number of nitrogens with one attached hydrogen (secondary N) is 1. The summed E-state index contributed by atoms with van der Waals surface area (Å²) >= 11 is 0. The van der Waals surface area contributed by atoms with Crippen molar-refractivity contribution in [3.05, 3.63) is 18.7 Å². The highest BCUT2D eigenvalue weighted by atomic mass is 16.2. The molecular formula is C21H31N5O3. The lowest BCUT2D eigenvalue weighted by atomic mass is 9.64. The van der Waals surface area contributed by atoms with Gasteiger partial charge in [-0.05, 0) is 43.4 Å². The Morgan fingerprint density at radius 1 is 1.24 bits per heavy atom. The van der Waals surface area contributed by atoms with Gasteiger partial charge < -0.3 is 14.8 Å².